The largest absolute Gasteiger partial charge is 0.146 e. The second kappa shape index (κ2) is 5.05. The summed E-state index contributed by atoms with van der Waals surface area (Å²) in [5.74, 6) is 0. The van der Waals surface area contributed by atoms with E-state index < -0.39 is 0 Å². The molecule has 0 saturated carbocycles. The summed E-state index contributed by atoms with van der Waals surface area (Å²) in [5.41, 5.74) is 1.33. The number of halogens is 1. The van der Waals surface area contributed by atoms with Crippen LogP contribution in [0, 0.1) is 0 Å². The summed E-state index contributed by atoms with van der Waals surface area (Å²) in [4.78, 5) is 0. The summed E-state index contributed by atoms with van der Waals surface area (Å²) in [6, 6.07) is 8.05. The molecule has 0 aliphatic heterocycles. The highest BCUT2D eigenvalue weighted by Gasteiger charge is 2.06. The van der Waals surface area contributed by atoms with Crippen LogP contribution in [-0.2, 0) is 0 Å². The van der Waals surface area contributed by atoms with Crippen molar-refractivity contribution in [3.63, 3.8) is 0 Å². The van der Waals surface area contributed by atoms with E-state index in [1.165, 1.54) is 5.56 Å². The van der Waals surface area contributed by atoms with Gasteiger partial charge >= 0.3 is 0 Å². The maximum Gasteiger partial charge on any atom is 0.0745 e. The molecule has 0 aliphatic rings. The molecule has 0 atom stereocenters. The Kier molecular flexibility index (Phi) is 4.33. The molecule has 0 fully saturated rings. The van der Waals surface area contributed by atoms with Crippen LogP contribution in [0.1, 0.15) is 10.1 Å². The Morgan fingerprint density at radius 3 is 2.00 bits per heavy atom. The van der Waals surface area contributed by atoms with E-state index in [0.29, 0.717) is 4.58 Å². The lowest BCUT2D eigenvalue weighted by Gasteiger charge is -2.10. The van der Waals surface area contributed by atoms with Gasteiger partial charge in [-0.2, -0.15) is 0 Å². The fourth-order valence-electron chi connectivity index (χ4n) is 0.988. The molecule has 1 aromatic carbocycles. The molecule has 0 aromatic heterocycles. The normalized spacial score (nSPS) is 10.7. The van der Waals surface area contributed by atoms with E-state index in [4.69, 9.17) is 11.6 Å². The molecule has 0 nitrogen and oxygen atoms in total. The minimum Gasteiger partial charge on any atom is -0.146 e. The summed E-state index contributed by atoms with van der Waals surface area (Å²) in [6.07, 6.45) is 4.24. The Labute approximate surface area is 87.1 Å². The SMILES string of the molecule is CSC(SC)c1ccc(Cl)cc1. The van der Waals surface area contributed by atoms with Crippen molar-refractivity contribution in [2.24, 2.45) is 0 Å². The van der Waals surface area contributed by atoms with E-state index in [-0.39, 0.29) is 0 Å². The number of hydrogen-bond acceptors (Lipinski definition) is 2. The molecular formula is C9H11ClS2. The first-order valence-electron chi connectivity index (χ1n) is 3.59. The van der Waals surface area contributed by atoms with E-state index in [9.17, 15) is 0 Å². The van der Waals surface area contributed by atoms with Crippen molar-refractivity contribution >= 4 is 35.1 Å². The van der Waals surface area contributed by atoms with Crippen LogP contribution in [0.3, 0.4) is 0 Å². The van der Waals surface area contributed by atoms with Gasteiger partial charge in [0.2, 0.25) is 0 Å². The van der Waals surface area contributed by atoms with Gasteiger partial charge in [-0.1, -0.05) is 23.7 Å². The fourth-order valence-corrected chi connectivity index (χ4v) is 2.74. The van der Waals surface area contributed by atoms with E-state index in [1.807, 2.05) is 35.7 Å². The minimum atomic E-state index is 0.530. The molecule has 0 saturated heterocycles. The lowest BCUT2D eigenvalue weighted by Crippen LogP contribution is -1.85. The molecule has 0 bridgehead atoms. The Hall–Kier alpha value is 0.210. The second-order valence-corrected chi connectivity index (χ2v) is 4.98. The van der Waals surface area contributed by atoms with Gasteiger partial charge in [-0.25, -0.2) is 0 Å². The van der Waals surface area contributed by atoms with Crippen LogP contribution >= 0.6 is 35.1 Å². The van der Waals surface area contributed by atoms with Gasteiger partial charge in [0.15, 0.2) is 0 Å². The van der Waals surface area contributed by atoms with Gasteiger partial charge in [-0.15, -0.1) is 23.5 Å². The first-order valence-corrected chi connectivity index (χ1v) is 6.54. The van der Waals surface area contributed by atoms with E-state index >= 15 is 0 Å². The van der Waals surface area contributed by atoms with Crippen molar-refractivity contribution in [1.29, 1.82) is 0 Å². The monoisotopic (exact) mass is 218 g/mol. The highest BCUT2D eigenvalue weighted by Crippen LogP contribution is 2.36. The van der Waals surface area contributed by atoms with Crippen LogP contribution in [0.2, 0.25) is 5.02 Å². The third kappa shape index (κ3) is 2.61. The fraction of sp³-hybridized carbons (Fsp3) is 0.333. The van der Waals surface area contributed by atoms with Gasteiger partial charge < -0.3 is 0 Å². The van der Waals surface area contributed by atoms with Crippen molar-refractivity contribution < 1.29 is 0 Å². The van der Waals surface area contributed by atoms with Crippen LogP contribution in [0.5, 0.6) is 0 Å². The van der Waals surface area contributed by atoms with Crippen molar-refractivity contribution in [1.82, 2.24) is 0 Å². The van der Waals surface area contributed by atoms with Crippen LogP contribution < -0.4 is 0 Å². The Morgan fingerprint density at radius 2 is 1.58 bits per heavy atom. The zero-order valence-electron chi connectivity index (χ0n) is 7.08. The quantitative estimate of drug-likeness (QED) is 0.702. The summed E-state index contributed by atoms with van der Waals surface area (Å²) in [7, 11) is 0. The summed E-state index contributed by atoms with van der Waals surface area (Å²) < 4.78 is 0.530. The molecular weight excluding hydrogens is 208 g/mol. The summed E-state index contributed by atoms with van der Waals surface area (Å²) in [6.45, 7) is 0. The molecule has 0 heterocycles. The second-order valence-electron chi connectivity index (χ2n) is 2.35. The standard InChI is InChI=1S/C9H11ClS2/c1-11-9(12-2)7-3-5-8(10)6-4-7/h3-6,9H,1-2H3. The molecule has 66 valence electrons. The van der Waals surface area contributed by atoms with Gasteiger partial charge in [-0.05, 0) is 30.2 Å². The van der Waals surface area contributed by atoms with Gasteiger partial charge in [0.25, 0.3) is 0 Å². The number of thioether (sulfide) groups is 2. The predicted octanol–water partition coefficient (Wildman–Crippen LogP) is 4.06. The summed E-state index contributed by atoms with van der Waals surface area (Å²) >= 11 is 9.49. The van der Waals surface area contributed by atoms with Crippen LogP contribution in [0.25, 0.3) is 0 Å². The molecule has 3 heteroatoms. The summed E-state index contributed by atoms with van der Waals surface area (Å²) in [5, 5.41) is 0.805. The predicted molar refractivity (Wildman–Crippen MR) is 61.2 cm³/mol. The first kappa shape index (κ1) is 10.3. The number of hydrogen-bond donors (Lipinski definition) is 0. The van der Waals surface area contributed by atoms with Gasteiger partial charge in [0.1, 0.15) is 0 Å². The first-order chi connectivity index (χ1) is 5.77. The zero-order valence-corrected chi connectivity index (χ0v) is 9.47. The van der Waals surface area contributed by atoms with E-state index in [1.54, 1.807) is 0 Å². The van der Waals surface area contributed by atoms with Gasteiger partial charge in [0.05, 0.1) is 4.58 Å². The smallest absolute Gasteiger partial charge is 0.0745 e. The van der Waals surface area contributed by atoms with Crippen molar-refractivity contribution in [3.8, 4) is 0 Å². The highest BCUT2D eigenvalue weighted by molar-refractivity contribution is 8.15. The average molecular weight is 219 g/mol. The Bertz CT molecular complexity index is 229. The van der Waals surface area contributed by atoms with E-state index in [0.717, 1.165) is 5.02 Å². The average Bonchev–Trinajstić information content (AvgIpc) is 2.10. The molecule has 0 radical (unpaired) electrons. The number of benzene rings is 1. The van der Waals surface area contributed by atoms with Gasteiger partial charge in [-0.3, -0.25) is 0 Å². The molecule has 0 aliphatic carbocycles. The van der Waals surface area contributed by atoms with Crippen LogP contribution in [-0.4, -0.2) is 12.5 Å². The molecule has 0 unspecified atom stereocenters. The number of rotatable bonds is 3. The highest BCUT2D eigenvalue weighted by atomic mass is 35.5. The molecule has 0 amide bonds. The Balaban J connectivity index is 2.80. The van der Waals surface area contributed by atoms with Crippen LogP contribution in [0.4, 0.5) is 0 Å². The van der Waals surface area contributed by atoms with Crippen LogP contribution in [0.15, 0.2) is 24.3 Å². The topological polar surface area (TPSA) is 0 Å². The maximum absolute atomic E-state index is 5.79. The van der Waals surface area contributed by atoms with E-state index in [2.05, 4.69) is 24.6 Å². The lowest BCUT2D eigenvalue weighted by molar-refractivity contribution is 1.39. The molecule has 1 rings (SSSR count). The molecule has 12 heavy (non-hydrogen) atoms. The third-order valence-corrected chi connectivity index (χ3v) is 4.38. The lowest BCUT2D eigenvalue weighted by atomic mass is 10.2. The molecule has 0 N–H and O–H groups in total. The van der Waals surface area contributed by atoms with Crippen molar-refractivity contribution in [3.05, 3.63) is 34.9 Å². The van der Waals surface area contributed by atoms with Gasteiger partial charge in [0, 0.05) is 5.02 Å². The molecule has 1 aromatic rings. The zero-order chi connectivity index (χ0) is 8.97. The molecule has 0 spiro atoms. The Morgan fingerprint density at radius 1 is 1.08 bits per heavy atom. The maximum atomic E-state index is 5.79. The third-order valence-electron chi connectivity index (χ3n) is 1.57. The van der Waals surface area contributed by atoms with Crippen molar-refractivity contribution in [2.45, 2.75) is 4.58 Å². The van der Waals surface area contributed by atoms with Crippen molar-refractivity contribution in [2.75, 3.05) is 12.5 Å². The minimum absolute atomic E-state index is 0.530.